The van der Waals surface area contributed by atoms with Gasteiger partial charge in [0, 0.05) is 0 Å². The van der Waals surface area contributed by atoms with Crippen molar-refractivity contribution in [3.63, 3.8) is 0 Å². The van der Waals surface area contributed by atoms with Crippen LogP contribution in [0.25, 0.3) is 0 Å². The Bertz CT molecular complexity index is 115. The van der Waals surface area contributed by atoms with Crippen LogP contribution in [-0.2, 0) is 0 Å². The van der Waals surface area contributed by atoms with Crippen molar-refractivity contribution in [1.82, 2.24) is 5.32 Å². The van der Waals surface area contributed by atoms with Crippen LogP contribution in [0.2, 0.25) is 0 Å². The number of rotatable bonds is 3. The van der Waals surface area contributed by atoms with Crippen LogP contribution in [0.15, 0.2) is 0 Å². The molecule has 0 spiro atoms. The average Bonchev–Trinajstić information content (AvgIpc) is 1.89. The fourth-order valence-corrected chi connectivity index (χ4v) is 0.634. The van der Waals surface area contributed by atoms with E-state index >= 15 is 0 Å². The van der Waals surface area contributed by atoms with Gasteiger partial charge in [0.25, 0.3) is 0 Å². The zero-order chi connectivity index (χ0) is 7.33. The van der Waals surface area contributed by atoms with Crippen LogP contribution < -0.4 is 5.32 Å². The van der Waals surface area contributed by atoms with Crippen LogP contribution in [0.3, 0.4) is 0 Å². The second kappa shape index (κ2) is 3.47. The number of nitrogens with zero attached hydrogens (tertiary/aromatic N) is 1. The van der Waals surface area contributed by atoms with Crippen LogP contribution in [0.5, 0.6) is 0 Å². The molecule has 1 N–H and O–H groups in total. The van der Waals surface area contributed by atoms with E-state index in [9.17, 15) is 0 Å². The molecule has 0 fully saturated rings. The third kappa shape index (κ3) is 2.48. The summed E-state index contributed by atoms with van der Waals surface area (Å²) in [5.41, 5.74) is -0.311. The molecular weight excluding hydrogens is 112 g/mol. The molecular formula is C7H14N2. The van der Waals surface area contributed by atoms with Crippen molar-refractivity contribution in [2.24, 2.45) is 0 Å². The predicted molar refractivity (Wildman–Crippen MR) is 38.0 cm³/mol. The number of hydrogen-bond acceptors (Lipinski definition) is 2. The highest BCUT2D eigenvalue weighted by molar-refractivity contribution is 5.02. The summed E-state index contributed by atoms with van der Waals surface area (Å²) in [6.45, 7) is 6.78. The van der Waals surface area contributed by atoms with Gasteiger partial charge >= 0.3 is 0 Å². The first kappa shape index (κ1) is 8.45. The first-order valence-electron chi connectivity index (χ1n) is 3.34. The van der Waals surface area contributed by atoms with Gasteiger partial charge in [-0.05, 0) is 19.9 Å². The van der Waals surface area contributed by atoms with Gasteiger partial charge < -0.3 is 0 Å². The molecule has 1 unspecified atom stereocenters. The molecule has 0 amide bonds. The maximum Gasteiger partial charge on any atom is 0.103 e. The lowest BCUT2D eigenvalue weighted by atomic mass is 10.0. The summed E-state index contributed by atoms with van der Waals surface area (Å²) in [5, 5.41) is 11.7. The first-order valence-corrected chi connectivity index (χ1v) is 3.34. The lowest BCUT2D eigenvalue weighted by molar-refractivity contribution is 0.447. The second-order valence-corrected chi connectivity index (χ2v) is 2.33. The van der Waals surface area contributed by atoms with Gasteiger partial charge in [0.15, 0.2) is 0 Å². The minimum absolute atomic E-state index is 0.311. The average molecular weight is 126 g/mol. The molecule has 9 heavy (non-hydrogen) atoms. The van der Waals surface area contributed by atoms with Crippen LogP contribution in [0.1, 0.15) is 27.2 Å². The van der Waals surface area contributed by atoms with Crippen molar-refractivity contribution in [1.29, 1.82) is 5.26 Å². The van der Waals surface area contributed by atoms with Gasteiger partial charge in [-0.3, -0.25) is 5.32 Å². The van der Waals surface area contributed by atoms with Crippen molar-refractivity contribution < 1.29 is 0 Å². The molecule has 0 aliphatic carbocycles. The summed E-state index contributed by atoms with van der Waals surface area (Å²) in [4.78, 5) is 0. The van der Waals surface area contributed by atoms with Gasteiger partial charge in [0.2, 0.25) is 0 Å². The first-order chi connectivity index (χ1) is 4.18. The standard InChI is InChI=1S/C7H14N2/c1-4-7(3,6-8)9-5-2/h9H,4-5H2,1-3H3. The molecule has 52 valence electrons. The Labute approximate surface area is 56.9 Å². The van der Waals surface area contributed by atoms with Gasteiger partial charge in [0.1, 0.15) is 5.54 Å². The van der Waals surface area contributed by atoms with Gasteiger partial charge in [-0.2, -0.15) is 5.26 Å². The SMILES string of the molecule is CCNC(C)(C#N)CC. The lowest BCUT2D eigenvalue weighted by Gasteiger charge is -2.19. The fraction of sp³-hybridized carbons (Fsp3) is 0.857. The zero-order valence-electron chi connectivity index (χ0n) is 6.36. The molecule has 1 atom stereocenters. The van der Waals surface area contributed by atoms with E-state index in [1.807, 2.05) is 20.8 Å². The maximum absolute atomic E-state index is 8.60. The molecule has 0 rings (SSSR count). The molecule has 0 aliphatic heterocycles. The highest BCUT2D eigenvalue weighted by atomic mass is 14.9. The van der Waals surface area contributed by atoms with Crippen LogP contribution in [0.4, 0.5) is 0 Å². The van der Waals surface area contributed by atoms with Crippen LogP contribution in [0, 0.1) is 11.3 Å². The minimum atomic E-state index is -0.311. The Hall–Kier alpha value is -0.550. The van der Waals surface area contributed by atoms with E-state index in [1.54, 1.807) is 0 Å². The highest BCUT2D eigenvalue weighted by Crippen LogP contribution is 2.05. The molecule has 0 heterocycles. The van der Waals surface area contributed by atoms with E-state index in [2.05, 4.69) is 11.4 Å². The van der Waals surface area contributed by atoms with Gasteiger partial charge in [-0.15, -0.1) is 0 Å². The highest BCUT2D eigenvalue weighted by Gasteiger charge is 2.17. The van der Waals surface area contributed by atoms with E-state index in [-0.39, 0.29) is 5.54 Å². The topological polar surface area (TPSA) is 35.8 Å². The molecule has 2 nitrogen and oxygen atoms in total. The number of nitrogens with one attached hydrogen (secondary N) is 1. The van der Waals surface area contributed by atoms with Crippen LogP contribution >= 0.6 is 0 Å². The summed E-state index contributed by atoms with van der Waals surface area (Å²) < 4.78 is 0. The molecule has 0 radical (unpaired) electrons. The van der Waals surface area contributed by atoms with Crippen molar-refractivity contribution in [2.45, 2.75) is 32.7 Å². The minimum Gasteiger partial charge on any atom is -0.300 e. The van der Waals surface area contributed by atoms with E-state index in [0.29, 0.717) is 0 Å². The summed E-state index contributed by atoms with van der Waals surface area (Å²) >= 11 is 0. The molecule has 0 aromatic carbocycles. The smallest absolute Gasteiger partial charge is 0.103 e. The third-order valence-corrected chi connectivity index (χ3v) is 1.52. The maximum atomic E-state index is 8.60. The van der Waals surface area contributed by atoms with E-state index < -0.39 is 0 Å². The lowest BCUT2D eigenvalue weighted by Crippen LogP contribution is -2.39. The Morgan fingerprint density at radius 2 is 2.11 bits per heavy atom. The van der Waals surface area contributed by atoms with Crippen LogP contribution in [-0.4, -0.2) is 12.1 Å². The van der Waals surface area contributed by atoms with E-state index in [4.69, 9.17) is 5.26 Å². The summed E-state index contributed by atoms with van der Waals surface area (Å²) in [7, 11) is 0. The van der Waals surface area contributed by atoms with E-state index in [0.717, 1.165) is 13.0 Å². The Morgan fingerprint density at radius 1 is 1.56 bits per heavy atom. The second-order valence-electron chi connectivity index (χ2n) is 2.33. The Balaban J connectivity index is 3.81. The fourth-order valence-electron chi connectivity index (χ4n) is 0.634. The number of hydrogen-bond donors (Lipinski definition) is 1. The Morgan fingerprint density at radius 3 is 2.22 bits per heavy atom. The Kier molecular flexibility index (Phi) is 3.26. The molecule has 0 aromatic rings. The summed E-state index contributed by atoms with van der Waals surface area (Å²) in [6.07, 6.45) is 0.858. The van der Waals surface area contributed by atoms with Crippen molar-refractivity contribution >= 4 is 0 Å². The van der Waals surface area contributed by atoms with Gasteiger partial charge in [0.05, 0.1) is 6.07 Å². The predicted octanol–water partition coefficient (Wildman–Crippen LogP) is 1.29. The monoisotopic (exact) mass is 126 g/mol. The van der Waals surface area contributed by atoms with Gasteiger partial charge in [-0.25, -0.2) is 0 Å². The van der Waals surface area contributed by atoms with Crippen molar-refractivity contribution in [3.8, 4) is 6.07 Å². The normalized spacial score (nSPS) is 16.2. The molecule has 2 heteroatoms. The van der Waals surface area contributed by atoms with Crippen molar-refractivity contribution in [3.05, 3.63) is 0 Å². The zero-order valence-corrected chi connectivity index (χ0v) is 6.36. The molecule has 0 saturated carbocycles. The molecule has 0 aromatic heterocycles. The number of nitriles is 1. The summed E-state index contributed by atoms with van der Waals surface area (Å²) in [5.74, 6) is 0. The van der Waals surface area contributed by atoms with Gasteiger partial charge in [-0.1, -0.05) is 13.8 Å². The quantitative estimate of drug-likeness (QED) is 0.618. The molecule has 0 aliphatic rings. The molecule has 0 saturated heterocycles. The third-order valence-electron chi connectivity index (χ3n) is 1.52. The largest absolute Gasteiger partial charge is 0.300 e. The molecule has 0 bridgehead atoms. The van der Waals surface area contributed by atoms with Crippen molar-refractivity contribution in [2.75, 3.05) is 6.54 Å². The van der Waals surface area contributed by atoms with E-state index in [1.165, 1.54) is 0 Å². The summed E-state index contributed by atoms with van der Waals surface area (Å²) in [6, 6.07) is 2.22.